The van der Waals surface area contributed by atoms with Crippen molar-refractivity contribution in [3.05, 3.63) is 59.7 Å². The molecule has 2 amide bonds. The number of carbonyl (C=O) groups is 2. The van der Waals surface area contributed by atoms with Crippen LogP contribution in [-0.2, 0) is 16.1 Å². The van der Waals surface area contributed by atoms with Gasteiger partial charge in [-0.05, 0) is 62.6 Å². The van der Waals surface area contributed by atoms with Gasteiger partial charge >= 0.3 is 0 Å². The van der Waals surface area contributed by atoms with E-state index in [2.05, 4.69) is 5.32 Å². The lowest BCUT2D eigenvalue weighted by atomic mass is 10.1. The maximum Gasteiger partial charge on any atom is 0.261 e. The molecule has 0 aliphatic heterocycles. The van der Waals surface area contributed by atoms with Gasteiger partial charge in [-0.2, -0.15) is 0 Å². The van der Waals surface area contributed by atoms with Gasteiger partial charge in [0.1, 0.15) is 17.5 Å². The predicted octanol–water partition coefficient (Wildman–Crippen LogP) is 3.71. The van der Waals surface area contributed by atoms with Gasteiger partial charge in [-0.15, -0.1) is 0 Å². The fourth-order valence-electron chi connectivity index (χ4n) is 2.91. The standard InChI is InChI=1S/C24H32N2O4/c1-6-18(3)25-24(28)19(4)26(15-20-10-12-21(29-5)13-11-20)23(27)16-30-22-9-7-8-17(2)14-22/h7-14,18-19H,6,15-16H2,1-5H3,(H,25,28)/t18-,19+/m0/s1. The molecule has 0 unspecified atom stereocenters. The van der Waals surface area contributed by atoms with E-state index in [1.54, 1.807) is 18.9 Å². The van der Waals surface area contributed by atoms with E-state index < -0.39 is 6.04 Å². The minimum atomic E-state index is -0.630. The molecule has 2 rings (SSSR count). The van der Waals surface area contributed by atoms with Gasteiger partial charge in [0.15, 0.2) is 6.61 Å². The third kappa shape index (κ3) is 6.79. The van der Waals surface area contributed by atoms with Crippen LogP contribution < -0.4 is 14.8 Å². The van der Waals surface area contributed by atoms with Gasteiger partial charge in [0.2, 0.25) is 5.91 Å². The highest BCUT2D eigenvalue weighted by Crippen LogP contribution is 2.16. The van der Waals surface area contributed by atoms with Crippen LogP contribution in [0.5, 0.6) is 11.5 Å². The molecule has 0 fully saturated rings. The molecule has 0 radical (unpaired) electrons. The molecule has 0 aliphatic rings. The molecule has 0 aromatic heterocycles. The number of nitrogens with one attached hydrogen (secondary N) is 1. The Hall–Kier alpha value is -3.02. The fourth-order valence-corrected chi connectivity index (χ4v) is 2.91. The summed E-state index contributed by atoms with van der Waals surface area (Å²) in [6.07, 6.45) is 0.821. The van der Waals surface area contributed by atoms with Crippen molar-refractivity contribution in [2.45, 2.75) is 52.7 Å². The monoisotopic (exact) mass is 412 g/mol. The molecule has 30 heavy (non-hydrogen) atoms. The molecule has 2 aromatic carbocycles. The van der Waals surface area contributed by atoms with Crippen molar-refractivity contribution >= 4 is 11.8 Å². The first-order valence-corrected chi connectivity index (χ1v) is 10.3. The molecule has 6 heteroatoms. The molecule has 1 N–H and O–H groups in total. The molecule has 0 saturated carbocycles. The molecule has 0 aliphatic carbocycles. The van der Waals surface area contributed by atoms with E-state index in [1.165, 1.54) is 0 Å². The second-order valence-corrected chi connectivity index (χ2v) is 7.47. The molecule has 2 atom stereocenters. The van der Waals surface area contributed by atoms with Gasteiger partial charge in [-0.25, -0.2) is 0 Å². The number of hydrogen-bond donors (Lipinski definition) is 1. The lowest BCUT2D eigenvalue weighted by Gasteiger charge is -2.29. The number of hydrogen-bond acceptors (Lipinski definition) is 4. The number of ether oxygens (including phenoxy) is 2. The summed E-state index contributed by atoms with van der Waals surface area (Å²) >= 11 is 0. The summed E-state index contributed by atoms with van der Waals surface area (Å²) in [5, 5.41) is 2.96. The van der Waals surface area contributed by atoms with E-state index in [1.807, 2.05) is 69.3 Å². The molecule has 0 saturated heterocycles. The Morgan fingerprint density at radius 2 is 1.77 bits per heavy atom. The highest BCUT2D eigenvalue weighted by molar-refractivity contribution is 5.88. The number of carbonyl (C=O) groups excluding carboxylic acids is 2. The van der Waals surface area contributed by atoms with Gasteiger partial charge in [0.25, 0.3) is 5.91 Å². The topological polar surface area (TPSA) is 67.9 Å². The summed E-state index contributed by atoms with van der Waals surface area (Å²) < 4.78 is 10.9. The number of methoxy groups -OCH3 is 1. The largest absolute Gasteiger partial charge is 0.497 e. The van der Waals surface area contributed by atoms with Crippen molar-refractivity contribution in [2.75, 3.05) is 13.7 Å². The Balaban J connectivity index is 2.15. The molecule has 6 nitrogen and oxygen atoms in total. The van der Waals surface area contributed by atoms with E-state index in [0.717, 1.165) is 23.3 Å². The average Bonchev–Trinajstić information content (AvgIpc) is 2.75. The van der Waals surface area contributed by atoms with Gasteiger partial charge in [0.05, 0.1) is 7.11 Å². The van der Waals surface area contributed by atoms with Crippen LogP contribution in [0.4, 0.5) is 0 Å². The fraction of sp³-hybridized carbons (Fsp3) is 0.417. The van der Waals surface area contributed by atoms with Crippen LogP contribution >= 0.6 is 0 Å². The smallest absolute Gasteiger partial charge is 0.261 e. The lowest BCUT2D eigenvalue weighted by Crippen LogP contribution is -2.50. The van der Waals surface area contributed by atoms with Crippen LogP contribution in [0.2, 0.25) is 0 Å². The summed E-state index contributed by atoms with van der Waals surface area (Å²) in [7, 11) is 1.61. The predicted molar refractivity (Wildman–Crippen MR) is 118 cm³/mol. The molecular weight excluding hydrogens is 380 g/mol. The quantitative estimate of drug-likeness (QED) is 0.646. The van der Waals surface area contributed by atoms with Crippen molar-refractivity contribution in [1.29, 1.82) is 0 Å². The summed E-state index contributed by atoms with van der Waals surface area (Å²) in [6.45, 7) is 7.82. The van der Waals surface area contributed by atoms with Crippen LogP contribution in [-0.4, -0.2) is 42.5 Å². The number of rotatable bonds is 10. The molecule has 0 bridgehead atoms. The van der Waals surface area contributed by atoms with Crippen molar-refractivity contribution in [1.82, 2.24) is 10.2 Å². The normalized spacial score (nSPS) is 12.6. The van der Waals surface area contributed by atoms with Crippen molar-refractivity contribution < 1.29 is 19.1 Å². The van der Waals surface area contributed by atoms with Crippen molar-refractivity contribution in [3.8, 4) is 11.5 Å². The number of nitrogens with zero attached hydrogens (tertiary/aromatic N) is 1. The molecule has 2 aromatic rings. The van der Waals surface area contributed by atoms with Gasteiger partial charge in [-0.3, -0.25) is 9.59 Å². The number of amides is 2. The summed E-state index contributed by atoms with van der Waals surface area (Å²) in [6, 6.07) is 14.4. The summed E-state index contributed by atoms with van der Waals surface area (Å²) in [5.74, 6) is 0.937. The van der Waals surface area contributed by atoms with Gasteiger partial charge < -0.3 is 19.7 Å². The molecule has 162 valence electrons. The van der Waals surface area contributed by atoms with E-state index in [0.29, 0.717) is 12.3 Å². The minimum absolute atomic E-state index is 0.0430. The van der Waals surface area contributed by atoms with Crippen LogP contribution in [0, 0.1) is 6.92 Å². The van der Waals surface area contributed by atoms with E-state index in [4.69, 9.17) is 9.47 Å². The zero-order valence-electron chi connectivity index (χ0n) is 18.5. The zero-order valence-corrected chi connectivity index (χ0v) is 18.5. The summed E-state index contributed by atoms with van der Waals surface area (Å²) in [5.41, 5.74) is 1.96. The zero-order chi connectivity index (χ0) is 22.1. The van der Waals surface area contributed by atoms with Gasteiger partial charge in [0, 0.05) is 12.6 Å². The van der Waals surface area contributed by atoms with E-state index >= 15 is 0 Å². The van der Waals surface area contributed by atoms with Crippen molar-refractivity contribution in [3.63, 3.8) is 0 Å². The SMILES string of the molecule is CC[C@H](C)NC(=O)[C@@H](C)N(Cc1ccc(OC)cc1)C(=O)COc1cccc(C)c1. The second kappa shape index (κ2) is 11.2. The Labute approximate surface area is 179 Å². The highest BCUT2D eigenvalue weighted by atomic mass is 16.5. The van der Waals surface area contributed by atoms with Crippen LogP contribution in [0.25, 0.3) is 0 Å². The molecule has 0 heterocycles. The Morgan fingerprint density at radius 3 is 2.37 bits per heavy atom. The van der Waals surface area contributed by atoms with Crippen LogP contribution in [0.1, 0.15) is 38.3 Å². The second-order valence-electron chi connectivity index (χ2n) is 7.47. The van der Waals surface area contributed by atoms with Gasteiger partial charge in [-0.1, -0.05) is 31.2 Å². The first-order valence-electron chi connectivity index (χ1n) is 10.3. The van der Waals surface area contributed by atoms with E-state index in [-0.39, 0.29) is 24.5 Å². The maximum atomic E-state index is 13.0. The third-order valence-corrected chi connectivity index (χ3v) is 5.03. The lowest BCUT2D eigenvalue weighted by molar-refractivity contribution is -0.142. The first-order chi connectivity index (χ1) is 14.3. The molecule has 0 spiro atoms. The average molecular weight is 413 g/mol. The first kappa shape index (κ1) is 23.3. The Bertz CT molecular complexity index is 835. The van der Waals surface area contributed by atoms with Crippen molar-refractivity contribution in [2.24, 2.45) is 0 Å². The molecular formula is C24H32N2O4. The maximum absolute atomic E-state index is 13.0. The third-order valence-electron chi connectivity index (χ3n) is 5.03. The number of aryl methyl sites for hydroxylation is 1. The Morgan fingerprint density at radius 1 is 1.07 bits per heavy atom. The number of benzene rings is 2. The minimum Gasteiger partial charge on any atom is -0.497 e. The van der Waals surface area contributed by atoms with Crippen LogP contribution in [0.15, 0.2) is 48.5 Å². The van der Waals surface area contributed by atoms with E-state index in [9.17, 15) is 9.59 Å². The van der Waals surface area contributed by atoms with Crippen LogP contribution in [0.3, 0.4) is 0 Å². The highest BCUT2D eigenvalue weighted by Gasteiger charge is 2.27. The Kier molecular flexibility index (Phi) is 8.71. The summed E-state index contributed by atoms with van der Waals surface area (Å²) in [4.78, 5) is 27.3.